The molecule has 0 fully saturated rings. The number of hydrogen-bond acceptors (Lipinski definition) is 8. The molecule has 0 N–H and O–H groups in total. The van der Waals surface area contributed by atoms with Gasteiger partial charge in [0, 0.05) is 11.3 Å². The summed E-state index contributed by atoms with van der Waals surface area (Å²) < 4.78 is 22.1. The highest BCUT2D eigenvalue weighted by atomic mass is 32.2. The lowest BCUT2D eigenvalue weighted by Crippen LogP contribution is -2.03. The summed E-state index contributed by atoms with van der Waals surface area (Å²) in [6.45, 7) is 2.81. The van der Waals surface area contributed by atoms with Gasteiger partial charge in [0.25, 0.3) is 5.22 Å². The number of aldehydes is 1. The van der Waals surface area contributed by atoms with Gasteiger partial charge in [-0.3, -0.25) is 4.79 Å². The van der Waals surface area contributed by atoms with Crippen LogP contribution in [-0.4, -0.2) is 42.6 Å². The molecular weight excluding hydrogens is 392 g/mol. The first-order chi connectivity index (χ1) is 14.2. The molecule has 8 heteroatoms. The largest absolute Gasteiger partial charge is 0.497 e. The average molecular weight is 414 g/mol. The standard InChI is InChI=1S/C21H22N2O5S/c1-3-26-19-12-16(14-24)6-9-18(19)27-10-11-29-21-23-22-20(28-21)13-15-4-7-17(25-2)8-5-15/h4-9,12,14H,3,10-11,13H2,1-2H3. The predicted octanol–water partition coefficient (Wildman–Crippen LogP) is 4.05. The molecule has 0 aliphatic carbocycles. The fourth-order valence-electron chi connectivity index (χ4n) is 2.55. The van der Waals surface area contributed by atoms with Crippen LogP contribution in [0.4, 0.5) is 0 Å². The zero-order chi connectivity index (χ0) is 20.5. The number of benzene rings is 2. The Kier molecular flexibility index (Phi) is 7.52. The molecule has 0 saturated carbocycles. The number of hydrogen-bond donors (Lipinski definition) is 0. The molecule has 0 radical (unpaired) electrons. The van der Waals surface area contributed by atoms with Crippen molar-refractivity contribution in [2.45, 2.75) is 18.6 Å². The van der Waals surface area contributed by atoms with Crippen molar-refractivity contribution in [3.05, 3.63) is 59.5 Å². The first-order valence-corrected chi connectivity index (χ1v) is 10.1. The molecule has 152 valence electrons. The third-order valence-corrected chi connectivity index (χ3v) is 4.72. The summed E-state index contributed by atoms with van der Waals surface area (Å²) in [7, 11) is 1.64. The number of aromatic nitrogens is 2. The van der Waals surface area contributed by atoms with E-state index in [0.717, 1.165) is 17.6 Å². The van der Waals surface area contributed by atoms with E-state index >= 15 is 0 Å². The van der Waals surface area contributed by atoms with Crippen LogP contribution in [0.2, 0.25) is 0 Å². The van der Waals surface area contributed by atoms with Crippen molar-refractivity contribution < 1.29 is 23.4 Å². The molecule has 2 aromatic carbocycles. The number of carbonyl (C=O) groups excluding carboxylic acids is 1. The zero-order valence-electron chi connectivity index (χ0n) is 16.3. The number of ether oxygens (including phenoxy) is 3. The molecule has 3 aromatic rings. The lowest BCUT2D eigenvalue weighted by Gasteiger charge is -2.11. The summed E-state index contributed by atoms with van der Waals surface area (Å²) in [5.74, 6) is 3.15. The quantitative estimate of drug-likeness (QED) is 0.264. The van der Waals surface area contributed by atoms with E-state index in [9.17, 15) is 4.79 Å². The Morgan fingerprint density at radius 1 is 1.07 bits per heavy atom. The van der Waals surface area contributed by atoms with Crippen LogP contribution < -0.4 is 14.2 Å². The predicted molar refractivity (Wildman–Crippen MR) is 109 cm³/mol. The van der Waals surface area contributed by atoms with Gasteiger partial charge in [0.2, 0.25) is 5.89 Å². The molecule has 29 heavy (non-hydrogen) atoms. The van der Waals surface area contributed by atoms with Crippen LogP contribution in [0.15, 0.2) is 52.1 Å². The minimum atomic E-state index is 0.432. The van der Waals surface area contributed by atoms with Crippen molar-refractivity contribution in [2.75, 3.05) is 26.1 Å². The van der Waals surface area contributed by atoms with Crippen LogP contribution in [0.1, 0.15) is 28.7 Å². The van der Waals surface area contributed by atoms with E-state index in [1.54, 1.807) is 25.3 Å². The van der Waals surface area contributed by atoms with Gasteiger partial charge in [-0.1, -0.05) is 23.9 Å². The molecule has 0 spiro atoms. The maximum atomic E-state index is 10.9. The second-order valence-corrected chi connectivity index (χ2v) is 6.99. The van der Waals surface area contributed by atoms with Gasteiger partial charge in [0.1, 0.15) is 12.0 Å². The molecule has 0 atom stereocenters. The summed E-state index contributed by atoms with van der Waals surface area (Å²) in [6, 6.07) is 12.8. The molecule has 3 rings (SSSR count). The van der Waals surface area contributed by atoms with Crippen LogP contribution in [0.3, 0.4) is 0 Å². The fourth-order valence-corrected chi connectivity index (χ4v) is 3.15. The second-order valence-electron chi connectivity index (χ2n) is 5.94. The molecular formula is C21H22N2O5S. The maximum Gasteiger partial charge on any atom is 0.276 e. The van der Waals surface area contributed by atoms with Crippen molar-refractivity contribution in [1.29, 1.82) is 0 Å². The molecule has 1 aromatic heterocycles. The number of rotatable bonds is 11. The van der Waals surface area contributed by atoms with Crippen molar-refractivity contribution in [1.82, 2.24) is 10.2 Å². The highest BCUT2D eigenvalue weighted by Crippen LogP contribution is 2.28. The first-order valence-electron chi connectivity index (χ1n) is 9.14. The Morgan fingerprint density at radius 3 is 2.62 bits per heavy atom. The van der Waals surface area contributed by atoms with Crippen molar-refractivity contribution in [2.24, 2.45) is 0 Å². The highest BCUT2D eigenvalue weighted by Gasteiger charge is 2.10. The Balaban J connectivity index is 1.48. The fraction of sp³-hybridized carbons (Fsp3) is 0.286. The minimum Gasteiger partial charge on any atom is -0.497 e. The third-order valence-electron chi connectivity index (χ3n) is 3.93. The van der Waals surface area contributed by atoms with Crippen molar-refractivity contribution in [3.63, 3.8) is 0 Å². The van der Waals surface area contributed by atoms with E-state index in [1.165, 1.54) is 11.8 Å². The van der Waals surface area contributed by atoms with Gasteiger partial charge in [-0.05, 0) is 42.8 Å². The van der Waals surface area contributed by atoms with Crippen LogP contribution in [-0.2, 0) is 6.42 Å². The first kappa shape index (κ1) is 20.7. The summed E-state index contributed by atoms with van der Waals surface area (Å²) in [5, 5.41) is 8.65. The van der Waals surface area contributed by atoms with Gasteiger partial charge < -0.3 is 18.6 Å². The van der Waals surface area contributed by atoms with E-state index in [-0.39, 0.29) is 0 Å². The summed E-state index contributed by atoms with van der Waals surface area (Å²) in [6.07, 6.45) is 1.34. The van der Waals surface area contributed by atoms with Crippen LogP contribution in [0, 0.1) is 0 Å². The molecule has 0 amide bonds. The minimum absolute atomic E-state index is 0.432. The van der Waals surface area contributed by atoms with Crippen LogP contribution in [0.25, 0.3) is 0 Å². The second kappa shape index (κ2) is 10.5. The van der Waals surface area contributed by atoms with Gasteiger partial charge in [-0.15, -0.1) is 10.2 Å². The molecule has 1 heterocycles. The van der Waals surface area contributed by atoms with E-state index in [2.05, 4.69) is 10.2 Å². The number of carbonyl (C=O) groups is 1. The number of nitrogens with zero attached hydrogens (tertiary/aromatic N) is 2. The Hall–Kier alpha value is -3.00. The molecule has 0 aliphatic rings. The van der Waals surface area contributed by atoms with Gasteiger partial charge in [0.15, 0.2) is 11.5 Å². The van der Waals surface area contributed by atoms with Crippen molar-refractivity contribution in [3.8, 4) is 17.2 Å². The molecule has 0 unspecified atom stereocenters. The molecule has 0 aliphatic heterocycles. The summed E-state index contributed by atoms with van der Waals surface area (Å²) in [4.78, 5) is 10.9. The average Bonchev–Trinajstić information content (AvgIpc) is 3.20. The van der Waals surface area contributed by atoms with Crippen molar-refractivity contribution >= 4 is 18.0 Å². The van der Waals surface area contributed by atoms with Gasteiger partial charge in [-0.2, -0.15) is 0 Å². The lowest BCUT2D eigenvalue weighted by atomic mass is 10.1. The molecule has 0 bridgehead atoms. The summed E-state index contributed by atoms with van der Waals surface area (Å²) >= 11 is 1.42. The highest BCUT2D eigenvalue weighted by molar-refractivity contribution is 7.99. The zero-order valence-corrected chi connectivity index (χ0v) is 17.1. The van der Waals surface area contributed by atoms with Crippen LogP contribution in [0.5, 0.6) is 17.2 Å². The summed E-state index contributed by atoms with van der Waals surface area (Å²) in [5.41, 5.74) is 1.61. The number of thioether (sulfide) groups is 1. The lowest BCUT2D eigenvalue weighted by molar-refractivity contribution is 0.112. The van der Waals surface area contributed by atoms with Gasteiger partial charge >= 0.3 is 0 Å². The number of methoxy groups -OCH3 is 1. The normalized spacial score (nSPS) is 10.6. The maximum absolute atomic E-state index is 10.9. The SMILES string of the molecule is CCOc1cc(C=O)ccc1OCCSc1nnc(Cc2ccc(OC)cc2)o1. The molecule has 0 saturated heterocycles. The Bertz CT molecular complexity index is 927. The molecule has 7 nitrogen and oxygen atoms in total. The van der Waals surface area contributed by atoms with Gasteiger partial charge in [-0.25, -0.2) is 0 Å². The smallest absolute Gasteiger partial charge is 0.276 e. The topological polar surface area (TPSA) is 83.7 Å². The Labute approximate surface area is 173 Å². The van der Waals surface area contributed by atoms with Gasteiger partial charge in [0.05, 0.1) is 26.7 Å². The van der Waals surface area contributed by atoms with E-state index in [1.807, 2.05) is 31.2 Å². The third kappa shape index (κ3) is 5.99. The van der Waals surface area contributed by atoms with E-state index < -0.39 is 0 Å². The van der Waals surface area contributed by atoms with E-state index in [0.29, 0.717) is 53.6 Å². The van der Waals surface area contributed by atoms with E-state index in [4.69, 9.17) is 18.6 Å². The monoisotopic (exact) mass is 414 g/mol. The Morgan fingerprint density at radius 2 is 1.90 bits per heavy atom. The van der Waals surface area contributed by atoms with Crippen LogP contribution >= 0.6 is 11.8 Å².